The van der Waals surface area contributed by atoms with Gasteiger partial charge in [0, 0.05) is 17.6 Å². The van der Waals surface area contributed by atoms with Gasteiger partial charge in [-0.05, 0) is 31.7 Å². The van der Waals surface area contributed by atoms with Crippen molar-refractivity contribution in [1.29, 1.82) is 0 Å². The molecule has 0 radical (unpaired) electrons. The number of aliphatic hydroxyl groups excluding tert-OH is 1. The number of ketones is 4. The molecule has 1 amide bonds. The number of phenolic OH excluding ortho intramolecular Hbond substituents is 1. The van der Waals surface area contributed by atoms with E-state index in [1.807, 2.05) is 0 Å². The van der Waals surface area contributed by atoms with Crippen molar-refractivity contribution in [1.82, 2.24) is 4.90 Å². The van der Waals surface area contributed by atoms with Gasteiger partial charge >= 0.3 is 5.97 Å². The normalized spacial score (nSPS) is 34.7. The summed E-state index contributed by atoms with van der Waals surface area (Å²) in [6, 6.07) is 1.52. The number of fused-ring (bicyclic) bond motifs is 3. The summed E-state index contributed by atoms with van der Waals surface area (Å²) in [6.45, 7) is 1.61. The number of likely N-dealkylation sites (N-methyl/N-ethyl adjacent to an activating group) is 1. The third kappa shape index (κ3) is 3.55. The highest BCUT2D eigenvalue weighted by Gasteiger charge is 2.72. The van der Waals surface area contributed by atoms with Gasteiger partial charge < -0.3 is 25.8 Å². The summed E-state index contributed by atoms with van der Waals surface area (Å²) in [6.07, 6.45) is 0.527. The van der Waals surface area contributed by atoms with E-state index in [0.29, 0.717) is 5.56 Å². The topological polar surface area (TPSA) is 202 Å². The van der Waals surface area contributed by atoms with Crippen LogP contribution in [0, 0.1) is 23.7 Å². The van der Waals surface area contributed by atoms with Crippen LogP contribution in [0.15, 0.2) is 18.2 Å². The number of carbonyl (C=O) groups excluding carboxylic acids is 6. The summed E-state index contributed by atoms with van der Waals surface area (Å²) in [5.41, 5.74) is 2.33. The number of primary amides is 1. The predicted octanol–water partition coefficient (Wildman–Crippen LogP) is -1.41. The van der Waals surface area contributed by atoms with E-state index >= 15 is 0 Å². The molecule has 2 saturated carbocycles. The molecule has 1 aromatic carbocycles. The van der Waals surface area contributed by atoms with Crippen LogP contribution in [-0.4, -0.2) is 94.2 Å². The monoisotopic (exact) mass is 528 g/mol. The van der Waals surface area contributed by atoms with Crippen LogP contribution in [-0.2, 0) is 28.7 Å². The predicted molar refractivity (Wildman–Crippen MR) is 129 cm³/mol. The third-order valence-electron chi connectivity index (χ3n) is 8.12. The van der Waals surface area contributed by atoms with E-state index in [2.05, 4.69) is 4.74 Å². The largest absolute Gasteiger partial charge is 0.507 e. The zero-order valence-electron chi connectivity index (χ0n) is 21.1. The average molecular weight is 529 g/mol. The fraction of sp³-hybridized carbons (Fsp3) is 0.462. The number of hydrogen-bond donors (Lipinski definition) is 4. The van der Waals surface area contributed by atoms with Crippen molar-refractivity contribution in [2.75, 3.05) is 21.2 Å². The Morgan fingerprint density at radius 2 is 1.76 bits per heavy atom. The van der Waals surface area contributed by atoms with Gasteiger partial charge in [-0.25, -0.2) is 4.79 Å². The van der Waals surface area contributed by atoms with Crippen LogP contribution in [0.2, 0.25) is 0 Å². The lowest BCUT2D eigenvalue weighted by atomic mass is 9.49. The molecule has 2 unspecified atom stereocenters. The van der Waals surface area contributed by atoms with Gasteiger partial charge in [-0.3, -0.25) is 28.9 Å². The van der Waals surface area contributed by atoms with E-state index in [9.17, 15) is 44.1 Å². The molecule has 0 aromatic heterocycles. The van der Waals surface area contributed by atoms with E-state index < -0.39 is 88.1 Å². The summed E-state index contributed by atoms with van der Waals surface area (Å²) in [5.74, 6) is -14.8. The molecule has 0 bridgehead atoms. The van der Waals surface area contributed by atoms with Crippen molar-refractivity contribution in [2.45, 2.75) is 30.6 Å². The Kier molecular flexibility index (Phi) is 6.63. The fourth-order valence-corrected chi connectivity index (χ4v) is 6.37. The smallest absolute Gasteiger partial charge is 0.330 e. The first-order valence-corrected chi connectivity index (χ1v) is 11.9. The molecule has 2 fully saturated rings. The van der Waals surface area contributed by atoms with Gasteiger partial charge in [0.2, 0.25) is 5.91 Å². The summed E-state index contributed by atoms with van der Waals surface area (Å²) < 4.78 is 4.52. The zero-order chi connectivity index (χ0) is 28.4. The summed E-state index contributed by atoms with van der Waals surface area (Å²) in [5, 5.41) is 34.1. The lowest BCUT2D eigenvalue weighted by molar-refractivity contribution is -0.196. The number of rotatable bonds is 4. The molecule has 12 nitrogen and oxygen atoms in total. The van der Waals surface area contributed by atoms with E-state index in [4.69, 9.17) is 5.73 Å². The maximum absolute atomic E-state index is 13.9. The second-order valence-electron chi connectivity index (χ2n) is 10.2. The molecule has 0 aliphatic heterocycles. The molecule has 0 heterocycles. The first kappa shape index (κ1) is 27.3. The van der Waals surface area contributed by atoms with Gasteiger partial charge in [-0.2, -0.15) is 0 Å². The third-order valence-corrected chi connectivity index (χ3v) is 8.12. The molecule has 8 atom stereocenters. The average Bonchev–Trinajstić information content (AvgIpc) is 2.84. The number of ether oxygens (including phenoxy) is 1. The van der Waals surface area contributed by atoms with Crippen LogP contribution in [0.5, 0.6) is 5.75 Å². The van der Waals surface area contributed by atoms with Gasteiger partial charge in [0.1, 0.15) is 5.75 Å². The molecular weight excluding hydrogens is 500 g/mol. The number of aromatic hydroxyl groups is 1. The Labute approximate surface area is 217 Å². The van der Waals surface area contributed by atoms with Crippen LogP contribution < -0.4 is 5.73 Å². The molecular formula is C26H28N2O10. The van der Waals surface area contributed by atoms with Gasteiger partial charge in [0.25, 0.3) is 0 Å². The molecule has 3 aliphatic rings. The lowest BCUT2D eigenvalue weighted by Gasteiger charge is -2.56. The van der Waals surface area contributed by atoms with Crippen LogP contribution in [0.4, 0.5) is 0 Å². The number of nitrogens with zero attached hydrogens (tertiary/aromatic N) is 1. The fourth-order valence-electron chi connectivity index (χ4n) is 6.37. The highest BCUT2D eigenvalue weighted by atomic mass is 16.5. The number of amides is 1. The molecule has 1 aromatic rings. The Balaban J connectivity index is 1.91. The number of benzene rings is 1. The number of esters is 1. The minimum Gasteiger partial charge on any atom is -0.507 e. The molecule has 202 valence electrons. The number of aliphatic hydroxyl groups is 2. The molecule has 3 aliphatic carbocycles. The second-order valence-corrected chi connectivity index (χ2v) is 10.2. The quantitative estimate of drug-likeness (QED) is 0.203. The number of methoxy groups -OCH3 is 1. The maximum atomic E-state index is 13.9. The SMILES string of the molecule is COC(=O)C=Cc1ccc2c(c1O)C(=O)C1C(=O)[C@@]3(O)C(=O)C(C(N)=O)C(=O)[C@H](N(C)C)[C@H]3[C@H](O)[C@H]1[C@@H]2C. The van der Waals surface area contributed by atoms with E-state index in [-0.39, 0.29) is 11.1 Å². The Morgan fingerprint density at radius 1 is 1.13 bits per heavy atom. The number of hydrogen-bond acceptors (Lipinski definition) is 11. The summed E-state index contributed by atoms with van der Waals surface area (Å²) in [7, 11) is 4.01. The van der Waals surface area contributed by atoms with Gasteiger partial charge in [-0.15, -0.1) is 0 Å². The number of Topliss-reactive ketones (excluding diaryl/α,β-unsaturated/α-hetero) is 4. The first-order valence-electron chi connectivity index (χ1n) is 11.9. The van der Waals surface area contributed by atoms with Gasteiger partial charge in [0.05, 0.1) is 36.7 Å². The standard InChI is InChI=1S/C26H28N2O10/c1-9-11-7-5-10(6-8-12(29)38-4)19(30)14(11)20(31)15-13(9)21(32)17-18(28(2)3)22(33)16(25(27)36)24(35)26(17,37)23(15)34/h5-9,13,15-18,21,30,32,37H,1-4H3,(H2,27,36)/t9-,13+,15?,16?,17+,18-,21-,26-/m1/s1. The van der Waals surface area contributed by atoms with E-state index in [1.54, 1.807) is 6.92 Å². The number of nitrogens with two attached hydrogens (primary N) is 1. The van der Waals surface area contributed by atoms with Crippen LogP contribution in [0.1, 0.15) is 34.3 Å². The molecule has 4 rings (SSSR count). The van der Waals surface area contributed by atoms with Gasteiger partial charge in [-0.1, -0.05) is 19.1 Å². The highest BCUT2D eigenvalue weighted by molar-refractivity contribution is 6.32. The lowest BCUT2D eigenvalue weighted by Crippen LogP contribution is -2.77. The molecule has 0 spiro atoms. The molecule has 12 heteroatoms. The van der Waals surface area contributed by atoms with Crippen LogP contribution in [0.25, 0.3) is 6.08 Å². The van der Waals surface area contributed by atoms with Crippen LogP contribution in [0.3, 0.4) is 0 Å². The Bertz CT molecular complexity index is 1320. The van der Waals surface area contributed by atoms with Crippen molar-refractivity contribution in [2.24, 2.45) is 29.4 Å². The Hall–Kier alpha value is -3.74. The zero-order valence-corrected chi connectivity index (χ0v) is 21.1. The minimum atomic E-state index is -3.06. The Morgan fingerprint density at radius 3 is 2.32 bits per heavy atom. The molecule has 5 N–H and O–H groups in total. The van der Waals surface area contributed by atoms with Crippen molar-refractivity contribution in [3.05, 3.63) is 34.9 Å². The van der Waals surface area contributed by atoms with Crippen molar-refractivity contribution >= 4 is 41.1 Å². The number of carbonyl (C=O) groups is 6. The molecule has 38 heavy (non-hydrogen) atoms. The van der Waals surface area contributed by atoms with Crippen LogP contribution >= 0.6 is 0 Å². The van der Waals surface area contributed by atoms with Crippen molar-refractivity contribution in [3.8, 4) is 5.75 Å². The van der Waals surface area contributed by atoms with E-state index in [0.717, 1.165) is 13.2 Å². The number of phenols is 1. The van der Waals surface area contributed by atoms with Gasteiger partial charge in [0.15, 0.2) is 34.7 Å². The maximum Gasteiger partial charge on any atom is 0.330 e. The van der Waals surface area contributed by atoms with Crippen molar-refractivity contribution < 1.29 is 48.8 Å². The first-order chi connectivity index (χ1) is 17.7. The van der Waals surface area contributed by atoms with E-state index in [1.165, 1.54) is 37.2 Å². The highest BCUT2D eigenvalue weighted by Crippen LogP contribution is 2.54. The summed E-state index contributed by atoms with van der Waals surface area (Å²) in [4.78, 5) is 78.9. The second kappa shape index (κ2) is 9.22. The molecule has 0 saturated heterocycles. The minimum absolute atomic E-state index is 0.0642. The van der Waals surface area contributed by atoms with Crippen molar-refractivity contribution in [3.63, 3.8) is 0 Å². The summed E-state index contributed by atoms with van der Waals surface area (Å²) >= 11 is 0.